The maximum Gasteiger partial charge on any atom is 0.187 e. The Morgan fingerprint density at radius 2 is 1.50 bits per heavy atom. The number of fused-ring (bicyclic) bond motifs is 2. The van der Waals surface area contributed by atoms with Crippen molar-refractivity contribution >= 4 is 9.84 Å². The second-order valence-corrected chi connectivity index (χ2v) is 10.7. The van der Waals surface area contributed by atoms with Gasteiger partial charge in [0.2, 0.25) is 0 Å². The molecule has 3 fully saturated rings. The molecule has 0 amide bonds. The Labute approximate surface area is 196 Å². The van der Waals surface area contributed by atoms with Crippen LogP contribution in [0.5, 0.6) is 0 Å². The van der Waals surface area contributed by atoms with Crippen molar-refractivity contribution in [3.8, 4) is 0 Å². The number of hydrogen-bond acceptors (Lipinski definition) is 14. The SMILES string of the molecule is O=S(=O)(CCOCCO)CCOCC[C@@H]1O[C@H](O[C@H]2[C@H]3OC[C@@H]2O[C@@H](O)[C@H]3O)[C@@H](O)[C@H](O)[C@@H]1O. The molecule has 0 aromatic carbocycles. The van der Waals surface area contributed by atoms with Crippen molar-refractivity contribution in [2.24, 2.45) is 0 Å². The Morgan fingerprint density at radius 1 is 0.824 bits per heavy atom. The lowest BCUT2D eigenvalue weighted by Crippen LogP contribution is -2.61. The van der Waals surface area contributed by atoms with Crippen LogP contribution in [-0.2, 0) is 38.3 Å². The van der Waals surface area contributed by atoms with Gasteiger partial charge in [-0.1, -0.05) is 0 Å². The summed E-state index contributed by atoms with van der Waals surface area (Å²) < 4.78 is 56.0. The lowest BCUT2D eigenvalue weighted by atomic mass is 9.96. The highest BCUT2D eigenvalue weighted by Crippen LogP contribution is 2.34. The highest BCUT2D eigenvalue weighted by Gasteiger charge is 2.54. The number of ether oxygens (including phenoxy) is 6. The van der Waals surface area contributed by atoms with Crippen molar-refractivity contribution < 1.29 is 67.5 Å². The van der Waals surface area contributed by atoms with E-state index in [9.17, 15) is 34.0 Å². The zero-order valence-electron chi connectivity index (χ0n) is 18.5. The average Bonchev–Trinajstić information content (AvgIpc) is 3.11. The molecule has 15 heteroatoms. The van der Waals surface area contributed by atoms with Gasteiger partial charge in [-0.25, -0.2) is 8.42 Å². The van der Waals surface area contributed by atoms with Crippen LogP contribution in [0.3, 0.4) is 0 Å². The van der Waals surface area contributed by atoms with Gasteiger partial charge in [0, 0.05) is 6.61 Å². The third kappa shape index (κ3) is 7.03. The lowest BCUT2D eigenvalue weighted by molar-refractivity contribution is -0.335. The van der Waals surface area contributed by atoms with Crippen LogP contribution < -0.4 is 0 Å². The first-order valence-electron chi connectivity index (χ1n) is 11.1. The maximum absolute atomic E-state index is 11.9. The molecule has 0 saturated carbocycles. The molecule has 0 unspecified atom stereocenters. The van der Waals surface area contributed by atoms with E-state index in [2.05, 4.69) is 0 Å². The zero-order valence-corrected chi connectivity index (χ0v) is 19.3. The lowest BCUT2D eigenvalue weighted by Gasteiger charge is -2.43. The fourth-order valence-corrected chi connectivity index (χ4v) is 4.92. The second kappa shape index (κ2) is 12.6. The third-order valence-corrected chi connectivity index (χ3v) is 7.48. The van der Waals surface area contributed by atoms with E-state index in [1.54, 1.807) is 0 Å². The predicted molar refractivity (Wildman–Crippen MR) is 110 cm³/mol. The number of sulfone groups is 1. The summed E-state index contributed by atoms with van der Waals surface area (Å²) in [6.07, 6.45) is -12.3. The van der Waals surface area contributed by atoms with Gasteiger partial charge in [0.05, 0.1) is 50.6 Å². The Bertz CT molecular complexity index is 722. The molecule has 0 aromatic heterocycles. The van der Waals surface area contributed by atoms with Gasteiger partial charge in [-0.15, -0.1) is 0 Å². The molecule has 14 nitrogen and oxygen atoms in total. The smallest absolute Gasteiger partial charge is 0.187 e. The quantitative estimate of drug-likeness (QED) is 0.127. The van der Waals surface area contributed by atoms with Gasteiger partial charge in [0.1, 0.15) is 42.7 Å². The zero-order chi connectivity index (χ0) is 24.9. The fraction of sp³-hybridized carbons (Fsp3) is 1.00. The summed E-state index contributed by atoms with van der Waals surface area (Å²) >= 11 is 0. The van der Waals surface area contributed by atoms with E-state index < -0.39 is 71.2 Å². The fourth-order valence-electron chi connectivity index (χ4n) is 3.97. The average molecular weight is 519 g/mol. The van der Waals surface area contributed by atoms with Gasteiger partial charge in [0.15, 0.2) is 22.4 Å². The first-order chi connectivity index (χ1) is 16.1. The van der Waals surface area contributed by atoms with Gasteiger partial charge in [-0.05, 0) is 6.42 Å². The van der Waals surface area contributed by atoms with Crippen molar-refractivity contribution in [3.05, 3.63) is 0 Å². The summed E-state index contributed by atoms with van der Waals surface area (Å²) in [6, 6.07) is 0. The van der Waals surface area contributed by atoms with E-state index in [0.717, 1.165) is 0 Å². The normalized spacial score (nSPS) is 40.5. The molecule has 3 heterocycles. The minimum Gasteiger partial charge on any atom is -0.394 e. The molecule has 0 radical (unpaired) electrons. The van der Waals surface area contributed by atoms with Crippen molar-refractivity contribution in [2.45, 2.75) is 67.8 Å². The molecule has 3 rings (SSSR count). The van der Waals surface area contributed by atoms with Crippen LogP contribution in [0, 0.1) is 0 Å². The first kappa shape index (κ1) is 28.0. The molecule has 3 saturated heterocycles. The van der Waals surface area contributed by atoms with E-state index in [-0.39, 0.29) is 57.6 Å². The van der Waals surface area contributed by atoms with E-state index in [1.807, 2.05) is 0 Å². The number of rotatable bonds is 13. The molecule has 10 atom stereocenters. The largest absolute Gasteiger partial charge is 0.394 e. The van der Waals surface area contributed by atoms with Crippen LogP contribution in [0.15, 0.2) is 0 Å². The molecule has 3 aliphatic rings. The number of hydrogen-bond donors (Lipinski definition) is 6. The van der Waals surface area contributed by atoms with Crippen molar-refractivity contribution in [1.29, 1.82) is 0 Å². The highest BCUT2D eigenvalue weighted by molar-refractivity contribution is 7.91. The summed E-state index contributed by atoms with van der Waals surface area (Å²) in [6.45, 7) is -0.210. The van der Waals surface area contributed by atoms with Crippen LogP contribution >= 0.6 is 0 Å². The van der Waals surface area contributed by atoms with E-state index >= 15 is 0 Å². The van der Waals surface area contributed by atoms with E-state index in [0.29, 0.717) is 0 Å². The minimum atomic E-state index is -3.40. The van der Waals surface area contributed by atoms with Gasteiger partial charge in [-0.3, -0.25) is 0 Å². The van der Waals surface area contributed by atoms with Crippen LogP contribution in [0.1, 0.15) is 6.42 Å². The molecule has 3 aliphatic heterocycles. The summed E-state index contributed by atoms with van der Waals surface area (Å²) in [5.41, 5.74) is 0. The monoisotopic (exact) mass is 518 g/mol. The topological polar surface area (TPSA) is 211 Å². The minimum absolute atomic E-state index is 0.000395. The van der Waals surface area contributed by atoms with Gasteiger partial charge >= 0.3 is 0 Å². The van der Waals surface area contributed by atoms with Gasteiger partial charge in [0.25, 0.3) is 0 Å². The summed E-state index contributed by atoms with van der Waals surface area (Å²) in [7, 11) is -3.40. The Morgan fingerprint density at radius 3 is 2.18 bits per heavy atom. The van der Waals surface area contributed by atoms with Crippen LogP contribution in [0.25, 0.3) is 0 Å². The number of aliphatic hydroxyl groups is 6. The van der Waals surface area contributed by atoms with Crippen molar-refractivity contribution in [3.63, 3.8) is 0 Å². The second-order valence-electron chi connectivity index (χ2n) is 8.36. The van der Waals surface area contributed by atoms with E-state index in [4.69, 9.17) is 33.5 Å². The first-order valence-corrected chi connectivity index (χ1v) is 12.9. The number of aliphatic hydroxyl groups excluding tert-OH is 6. The summed E-state index contributed by atoms with van der Waals surface area (Å²) in [5, 5.41) is 59.1. The Kier molecular flexibility index (Phi) is 10.4. The van der Waals surface area contributed by atoms with Crippen LogP contribution in [0.2, 0.25) is 0 Å². The maximum atomic E-state index is 11.9. The van der Waals surface area contributed by atoms with Crippen LogP contribution in [0.4, 0.5) is 0 Å². The summed E-state index contributed by atoms with van der Waals surface area (Å²) in [4.78, 5) is 0. The van der Waals surface area contributed by atoms with Crippen LogP contribution in [-0.4, -0.2) is 152 Å². The van der Waals surface area contributed by atoms with Gasteiger partial charge in [-0.2, -0.15) is 0 Å². The predicted octanol–water partition coefficient (Wildman–Crippen LogP) is -4.51. The molecular weight excluding hydrogens is 484 g/mol. The highest BCUT2D eigenvalue weighted by atomic mass is 32.2. The third-order valence-electron chi connectivity index (χ3n) is 5.91. The van der Waals surface area contributed by atoms with Gasteiger partial charge < -0.3 is 59.1 Å². The molecule has 6 N–H and O–H groups in total. The van der Waals surface area contributed by atoms with E-state index in [1.165, 1.54) is 0 Å². The van der Waals surface area contributed by atoms with Crippen molar-refractivity contribution in [1.82, 2.24) is 0 Å². The summed E-state index contributed by atoms with van der Waals surface area (Å²) in [5.74, 6) is -0.443. The molecule has 0 aromatic rings. The Hall–Kier alpha value is -0.530. The molecular formula is C19H34O14S. The van der Waals surface area contributed by atoms with Crippen molar-refractivity contribution in [2.75, 3.05) is 51.1 Å². The molecule has 2 bridgehead atoms. The molecule has 200 valence electrons. The standard InChI is InChI=1S/C19H34O14S/c20-2-4-29-6-8-34(26,27)7-5-28-3-1-10-12(21)13(22)14(23)19(32-10)33-16-11-9-30-17(16)15(24)18(25)31-11/h10-25H,1-9H2/t10-,11-,12+,13+,14-,15-,16+,17-,18+,19+/m0/s1. The molecule has 34 heavy (non-hydrogen) atoms. The molecule has 0 spiro atoms. The Balaban J connectivity index is 1.44. The molecule has 0 aliphatic carbocycles.